The van der Waals surface area contributed by atoms with Crippen LogP contribution in [-0.4, -0.2) is 63.5 Å². The molecule has 1 aromatic carbocycles. The van der Waals surface area contributed by atoms with E-state index in [1.165, 1.54) is 11.0 Å². The standard InChI is InChI=1S/C20H29FN4O4/c1-13(2)9-17(22)19(26)23-11-15-12-25(20(27)29-15)14-3-4-18(16(21)10-14)24-5-7-28-8-6-24/h3-4,10,13,15,17H,5-9,11-12,22H2,1-2H3,(H,23,26)/t15-,17?/m0/s1. The predicted molar refractivity (Wildman–Crippen MR) is 107 cm³/mol. The second kappa shape index (κ2) is 9.41. The number of carbonyl (C=O) groups excluding carboxylic acids is 2. The van der Waals surface area contributed by atoms with Gasteiger partial charge in [-0.1, -0.05) is 13.8 Å². The van der Waals surface area contributed by atoms with Gasteiger partial charge in [0.1, 0.15) is 11.9 Å². The lowest BCUT2D eigenvalue weighted by molar-refractivity contribution is -0.123. The van der Waals surface area contributed by atoms with E-state index in [0.29, 0.717) is 50.0 Å². The SMILES string of the molecule is CC(C)CC(N)C(=O)NC[C@H]1CN(c2ccc(N3CCOCC3)c(F)c2)C(=O)O1. The molecule has 0 spiro atoms. The first-order valence-electron chi connectivity index (χ1n) is 9.99. The zero-order chi connectivity index (χ0) is 21.0. The highest BCUT2D eigenvalue weighted by Gasteiger charge is 2.33. The summed E-state index contributed by atoms with van der Waals surface area (Å²) < 4.78 is 25.2. The molecule has 2 aliphatic heterocycles. The first-order valence-corrected chi connectivity index (χ1v) is 9.99. The molecule has 2 amide bonds. The number of morpholine rings is 1. The van der Waals surface area contributed by atoms with Crippen LogP contribution in [0.4, 0.5) is 20.6 Å². The fourth-order valence-electron chi connectivity index (χ4n) is 3.52. The molecule has 2 heterocycles. The van der Waals surface area contributed by atoms with E-state index >= 15 is 0 Å². The lowest BCUT2D eigenvalue weighted by Crippen LogP contribution is -2.44. The molecule has 3 rings (SSSR count). The molecule has 0 aromatic heterocycles. The third kappa shape index (κ3) is 5.36. The monoisotopic (exact) mass is 408 g/mol. The fourth-order valence-corrected chi connectivity index (χ4v) is 3.52. The van der Waals surface area contributed by atoms with Gasteiger partial charge in [0.15, 0.2) is 0 Å². The number of hydrogen-bond donors (Lipinski definition) is 2. The molecule has 8 nitrogen and oxygen atoms in total. The number of ether oxygens (including phenoxy) is 2. The van der Waals surface area contributed by atoms with Crippen molar-refractivity contribution in [2.45, 2.75) is 32.4 Å². The summed E-state index contributed by atoms with van der Waals surface area (Å²) in [6.45, 7) is 6.77. The van der Waals surface area contributed by atoms with Crippen LogP contribution in [0.1, 0.15) is 20.3 Å². The molecule has 2 aliphatic rings. The van der Waals surface area contributed by atoms with Crippen molar-refractivity contribution in [3.8, 4) is 0 Å². The zero-order valence-corrected chi connectivity index (χ0v) is 16.9. The van der Waals surface area contributed by atoms with Crippen LogP contribution in [0.25, 0.3) is 0 Å². The van der Waals surface area contributed by atoms with Crippen molar-refractivity contribution >= 4 is 23.4 Å². The van der Waals surface area contributed by atoms with Gasteiger partial charge in [0.2, 0.25) is 5.91 Å². The topological polar surface area (TPSA) is 97.1 Å². The van der Waals surface area contributed by atoms with E-state index in [2.05, 4.69) is 5.32 Å². The van der Waals surface area contributed by atoms with Crippen LogP contribution in [-0.2, 0) is 14.3 Å². The van der Waals surface area contributed by atoms with E-state index in [1.54, 1.807) is 12.1 Å². The van der Waals surface area contributed by atoms with E-state index in [1.807, 2.05) is 18.7 Å². The van der Waals surface area contributed by atoms with Gasteiger partial charge in [0, 0.05) is 13.1 Å². The molecule has 29 heavy (non-hydrogen) atoms. The molecule has 0 bridgehead atoms. The van der Waals surface area contributed by atoms with Crippen LogP contribution < -0.4 is 20.9 Å². The average Bonchev–Trinajstić information content (AvgIpc) is 3.06. The van der Waals surface area contributed by atoms with Crippen LogP contribution in [0, 0.1) is 11.7 Å². The summed E-state index contributed by atoms with van der Waals surface area (Å²) in [4.78, 5) is 27.6. The minimum atomic E-state index is -0.593. The smallest absolute Gasteiger partial charge is 0.414 e. The molecule has 0 aliphatic carbocycles. The van der Waals surface area contributed by atoms with Crippen molar-refractivity contribution in [1.82, 2.24) is 5.32 Å². The first kappa shape index (κ1) is 21.3. The Morgan fingerprint density at radius 2 is 2.07 bits per heavy atom. The number of amides is 2. The zero-order valence-electron chi connectivity index (χ0n) is 16.9. The van der Waals surface area contributed by atoms with Crippen molar-refractivity contribution in [2.24, 2.45) is 11.7 Å². The summed E-state index contributed by atoms with van der Waals surface area (Å²) in [5.41, 5.74) is 6.78. The van der Waals surface area contributed by atoms with Gasteiger partial charge in [-0.3, -0.25) is 9.69 Å². The maximum Gasteiger partial charge on any atom is 0.414 e. The second-order valence-corrected chi connectivity index (χ2v) is 7.83. The van der Waals surface area contributed by atoms with Crippen LogP contribution in [0.3, 0.4) is 0 Å². The molecule has 0 radical (unpaired) electrons. The van der Waals surface area contributed by atoms with Crippen molar-refractivity contribution in [3.63, 3.8) is 0 Å². The molecule has 3 N–H and O–H groups in total. The van der Waals surface area contributed by atoms with Gasteiger partial charge < -0.3 is 25.4 Å². The molecule has 0 saturated carbocycles. The molecule has 2 saturated heterocycles. The quantitative estimate of drug-likeness (QED) is 0.709. The number of benzene rings is 1. The maximum atomic E-state index is 14.6. The van der Waals surface area contributed by atoms with Crippen LogP contribution in [0.5, 0.6) is 0 Å². The van der Waals surface area contributed by atoms with Gasteiger partial charge in [-0.25, -0.2) is 9.18 Å². The van der Waals surface area contributed by atoms with E-state index in [9.17, 15) is 14.0 Å². The Bertz CT molecular complexity index is 739. The van der Waals surface area contributed by atoms with Crippen molar-refractivity contribution < 1.29 is 23.5 Å². The number of carbonyl (C=O) groups is 2. The Kier molecular flexibility index (Phi) is 6.92. The average molecular weight is 408 g/mol. The normalized spacial score (nSPS) is 20.7. The molecule has 1 unspecified atom stereocenters. The van der Waals surface area contributed by atoms with Crippen LogP contribution in [0.2, 0.25) is 0 Å². The largest absolute Gasteiger partial charge is 0.442 e. The van der Waals surface area contributed by atoms with E-state index < -0.39 is 24.1 Å². The summed E-state index contributed by atoms with van der Waals surface area (Å²) in [5, 5.41) is 2.73. The highest BCUT2D eigenvalue weighted by Crippen LogP contribution is 2.28. The first-order chi connectivity index (χ1) is 13.8. The minimum absolute atomic E-state index is 0.168. The lowest BCUT2D eigenvalue weighted by Gasteiger charge is -2.29. The van der Waals surface area contributed by atoms with E-state index in [4.69, 9.17) is 15.2 Å². The van der Waals surface area contributed by atoms with Gasteiger partial charge in [0.05, 0.1) is 43.7 Å². The molecular weight excluding hydrogens is 379 g/mol. The maximum absolute atomic E-state index is 14.6. The Labute approximate surface area is 170 Å². The van der Waals surface area contributed by atoms with Crippen molar-refractivity contribution in [1.29, 1.82) is 0 Å². The summed E-state index contributed by atoms with van der Waals surface area (Å²) in [7, 11) is 0. The van der Waals surface area contributed by atoms with Gasteiger partial charge in [-0.2, -0.15) is 0 Å². The van der Waals surface area contributed by atoms with Gasteiger partial charge in [0.25, 0.3) is 0 Å². The van der Waals surface area contributed by atoms with Crippen LogP contribution >= 0.6 is 0 Å². The number of anilines is 2. The molecule has 1 aromatic rings. The summed E-state index contributed by atoms with van der Waals surface area (Å²) in [5.74, 6) is -0.353. The highest BCUT2D eigenvalue weighted by molar-refractivity contribution is 5.90. The number of nitrogens with one attached hydrogen (secondary N) is 1. The van der Waals surface area contributed by atoms with Gasteiger partial charge in [-0.05, 0) is 30.5 Å². The Morgan fingerprint density at radius 1 is 1.34 bits per heavy atom. The summed E-state index contributed by atoms with van der Waals surface area (Å²) in [6.07, 6.45) is -0.495. The summed E-state index contributed by atoms with van der Waals surface area (Å²) >= 11 is 0. The number of hydrogen-bond acceptors (Lipinski definition) is 6. The molecule has 2 fully saturated rings. The minimum Gasteiger partial charge on any atom is -0.442 e. The fraction of sp³-hybridized carbons (Fsp3) is 0.600. The number of cyclic esters (lactones) is 1. The third-order valence-electron chi connectivity index (χ3n) is 5.03. The van der Waals surface area contributed by atoms with Gasteiger partial charge >= 0.3 is 6.09 Å². The van der Waals surface area contributed by atoms with Crippen molar-refractivity contribution in [3.05, 3.63) is 24.0 Å². The number of halogens is 1. The lowest BCUT2D eigenvalue weighted by atomic mass is 10.0. The Morgan fingerprint density at radius 3 is 2.72 bits per heavy atom. The molecular formula is C20H29FN4O4. The molecule has 2 atom stereocenters. The van der Waals surface area contributed by atoms with Crippen LogP contribution in [0.15, 0.2) is 18.2 Å². The highest BCUT2D eigenvalue weighted by atomic mass is 19.1. The predicted octanol–water partition coefficient (Wildman–Crippen LogP) is 1.48. The number of nitrogens with two attached hydrogens (primary N) is 1. The summed E-state index contributed by atoms with van der Waals surface area (Å²) in [6, 6.07) is 4.12. The second-order valence-electron chi connectivity index (χ2n) is 7.83. The van der Waals surface area contributed by atoms with E-state index in [0.717, 1.165) is 0 Å². The molecule has 9 heteroatoms. The third-order valence-corrected chi connectivity index (χ3v) is 5.03. The number of rotatable bonds is 7. The van der Waals surface area contributed by atoms with Crippen molar-refractivity contribution in [2.75, 3.05) is 49.2 Å². The van der Waals surface area contributed by atoms with Gasteiger partial charge in [-0.15, -0.1) is 0 Å². The van der Waals surface area contributed by atoms with E-state index in [-0.39, 0.29) is 19.0 Å². The Balaban J connectivity index is 1.57. The number of nitrogens with zero attached hydrogens (tertiary/aromatic N) is 2. The Hall–Kier alpha value is -2.39. The molecule has 160 valence electrons.